The molecule has 1 aromatic heterocycles. The Kier molecular flexibility index (Phi) is 4.18. The summed E-state index contributed by atoms with van der Waals surface area (Å²) in [6.07, 6.45) is -2.86. The average molecular weight is 250 g/mol. The fourth-order valence-corrected chi connectivity index (χ4v) is 1.54. The summed E-state index contributed by atoms with van der Waals surface area (Å²) in [5, 5.41) is -0.175. The van der Waals surface area contributed by atoms with Crippen LogP contribution in [0.5, 0.6) is 0 Å². The van der Waals surface area contributed by atoms with Gasteiger partial charge in [-0.2, -0.15) is 0 Å². The summed E-state index contributed by atoms with van der Waals surface area (Å²) < 4.78 is 30.0. The molecule has 3 nitrogen and oxygen atoms in total. The molecule has 0 amide bonds. The molecule has 0 aliphatic rings. The number of esters is 1. The van der Waals surface area contributed by atoms with Gasteiger partial charge in [0.05, 0.1) is 17.2 Å². The van der Waals surface area contributed by atoms with E-state index in [2.05, 4.69) is 9.72 Å². The van der Waals surface area contributed by atoms with Gasteiger partial charge in [0, 0.05) is 5.69 Å². The zero-order valence-electron chi connectivity index (χ0n) is 8.76. The molecule has 1 heterocycles. The van der Waals surface area contributed by atoms with Crippen molar-refractivity contribution < 1.29 is 18.3 Å². The van der Waals surface area contributed by atoms with Gasteiger partial charge in [-0.15, -0.1) is 0 Å². The third-order valence-electron chi connectivity index (χ3n) is 1.82. The SMILES string of the molecule is CCOC(=O)c1nc(C)cc(Cl)c1C(F)F. The molecule has 88 valence electrons. The van der Waals surface area contributed by atoms with Crippen molar-refractivity contribution in [3.8, 4) is 0 Å². The van der Waals surface area contributed by atoms with Gasteiger partial charge >= 0.3 is 5.97 Å². The Morgan fingerprint density at radius 1 is 1.62 bits per heavy atom. The van der Waals surface area contributed by atoms with Crippen molar-refractivity contribution in [2.24, 2.45) is 0 Å². The highest BCUT2D eigenvalue weighted by Crippen LogP contribution is 2.30. The third-order valence-corrected chi connectivity index (χ3v) is 2.14. The number of aryl methyl sites for hydroxylation is 1. The Balaban J connectivity index is 3.29. The number of hydrogen-bond acceptors (Lipinski definition) is 3. The number of carbonyl (C=O) groups is 1. The normalized spacial score (nSPS) is 10.6. The molecule has 0 saturated carbocycles. The predicted molar refractivity (Wildman–Crippen MR) is 54.9 cm³/mol. The van der Waals surface area contributed by atoms with Gasteiger partial charge in [-0.1, -0.05) is 11.6 Å². The van der Waals surface area contributed by atoms with Crippen LogP contribution in [0.1, 0.15) is 35.1 Å². The van der Waals surface area contributed by atoms with Crippen molar-refractivity contribution in [1.82, 2.24) is 4.98 Å². The lowest BCUT2D eigenvalue weighted by Gasteiger charge is -2.10. The van der Waals surface area contributed by atoms with Crippen molar-refractivity contribution in [3.63, 3.8) is 0 Å². The maximum absolute atomic E-state index is 12.7. The van der Waals surface area contributed by atoms with Crippen molar-refractivity contribution >= 4 is 17.6 Å². The number of carbonyl (C=O) groups excluding carboxylic acids is 1. The highest BCUT2D eigenvalue weighted by atomic mass is 35.5. The zero-order valence-corrected chi connectivity index (χ0v) is 9.52. The quantitative estimate of drug-likeness (QED) is 0.773. The number of rotatable bonds is 3. The van der Waals surface area contributed by atoms with Crippen molar-refractivity contribution in [2.45, 2.75) is 20.3 Å². The smallest absolute Gasteiger partial charge is 0.357 e. The van der Waals surface area contributed by atoms with Crippen LogP contribution in [0.3, 0.4) is 0 Å². The van der Waals surface area contributed by atoms with E-state index in [1.165, 1.54) is 6.07 Å². The molecule has 1 aromatic rings. The second-order valence-electron chi connectivity index (χ2n) is 3.03. The summed E-state index contributed by atoms with van der Waals surface area (Å²) in [7, 11) is 0. The highest BCUT2D eigenvalue weighted by molar-refractivity contribution is 6.31. The van der Waals surface area contributed by atoms with Gasteiger partial charge in [-0.3, -0.25) is 0 Å². The molecule has 0 spiro atoms. The van der Waals surface area contributed by atoms with Gasteiger partial charge in [-0.25, -0.2) is 18.6 Å². The predicted octanol–water partition coefficient (Wildman–Crippen LogP) is 3.16. The summed E-state index contributed by atoms with van der Waals surface area (Å²) in [6.45, 7) is 3.23. The first-order valence-corrected chi connectivity index (χ1v) is 4.97. The second-order valence-corrected chi connectivity index (χ2v) is 3.44. The summed E-state index contributed by atoms with van der Waals surface area (Å²) in [6, 6.07) is 1.28. The van der Waals surface area contributed by atoms with Gasteiger partial charge in [0.2, 0.25) is 0 Å². The number of pyridine rings is 1. The summed E-state index contributed by atoms with van der Waals surface area (Å²) in [5.41, 5.74) is -0.606. The zero-order chi connectivity index (χ0) is 12.3. The first-order valence-electron chi connectivity index (χ1n) is 4.59. The van der Waals surface area contributed by atoms with Crippen LogP contribution < -0.4 is 0 Å². The van der Waals surface area contributed by atoms with E-state index in [1.54, 1.807) is 13.8 Å². The molecular formula is C10H10ClF2NO2. The Hall–Kier alpha value is -1.23. The van der Waals surface area contributed by atoms with E-state index in [0.29, 0.717) is 5.69 Å². The minimum atomic E-state index is -2.86. The molecule has 0 aliphatic heterocycles. The average Bonchev–Trinajstić information content (AvgIpc) is 2.15. The molecule has 0 radical (unpaired) electrons. The number of alkyl halides is 2. The fraction of sp³-hybridized carbons (Fsp3) is 0.400. The minimum absolute atomic E-state index is 0.0920. The maximum atomic E-state index is 12.7. The summed E-state index contributed by atoms with van der Waals surface area (Å²) in [4.78, 5) is 15.1. The molecule has 0 fully saturated rings. The molecule has 0 atom stereocenters. The van der Waals surface area contributed by atoms with Crippen LogP contribution in [0.2, 0.25) is 5.02 Å². The standard InChI is InChI=1S/C10H10ClF2NO2/c1-3-16-10(15)8-7(9(12)13)6(11)4-5(2)14-8/h4,9H,3H2,1-2H3. The number of ether oxygens (including phenoxy) is 1. The van der Waals surface area contributed by atoms with Gasteiger partial charge in [0.1, 0.15) is 0 Å². The fourth-order valence-electron chi connectivity index (χ4n) is 1.21. The minimum Gasteiger partial charge on any atom is -0.461 e. The molecule has 0 saturated heterocycles. The topological polar surface area (TPSA) is 39.2 Å². The lowest BCUT2D eigenvalue weighted by Crippen LogP contribution is -2.12. The van der Waals surface area contributed by atoms with E-state index in [4.69, 9.17) is 11.6 Å². The van der Waals surface area contributed by atoms with Crippen molar-refractivity contribution in [1.29, 1.82) is 0 Å². The monoisotopic (exact) mass is 249 g/mol. The van der Waals surface area contributed by atoms with Crippen molar-refractivity contribution in [3.05, 3.63) is 28.0 Å². The third kappa shape index (κ3) is 2.66. The lowest BCUT2D eigenvalue weighted by molar-refractivity contribution is 0.0507. The second kappa shape index (κ2) is 5.21. The number of nitrogens with zero attached hydrogens (tertiary/aromatic N) is 1. The van der Waals surface area contributed by atoms with Gasteiger partial charge < -0.3 is 4.74 Å². The van der Waals surface area contributed by atoms with Gasteiger partial charge in [0.25, 0.3) is 6.43 Å². The van der Waals surface area contributed by atoms with Crippen LogP contribution in [0, 0.1) is 6.92 Å². The maximum Gasteiger partial charge on any atom is 0.357 e. The lowest BCUT2D eigenvalue weighted by atomic mass is 10.2. The van der Waals surface area contributed by atoms with Crippen LogP contribution in [0.4, 0.5) is 8.78 Å². The molecule has 16 heavy (non-hydrogen) atoms. The molecule has 0 aliphatic carbocycles. The van der Waals surface area contributed by atoms with Crippen LogP contribution in [-0.4, -0.2) is 17.6 Å². The molecule has 0 unspecified atom stereocenters. The van der Waals surface area contributed by atoms with Gasteiger partial charge in [0.15, 0.2) is 5.69 Å². The van der Waals surface area contributed by atoms with E-state index in [-0.39, 0.29) is 11.6 Å². The van der Waals surface area contributed by atoms with E-state index < -0.39 is 23.7 Å². The van der Waals surface area contributed by atoms with Crippen LogP contribution in [-0.2, 0) is 4.74 Å². The van der Waals surface area contributed by atoms with E-state index in [9.17, 15) is 13.6 Å². The first-order chi connectivity index (χ1) is 7.47. The molecule has 1 rings (SSSR count). The number of aromatic nitrogens is 1. The van der Waals surface area contributed by atoms with Gasteiger partial charge in [-0.05, 0) is 19.9 Å². The summed E-state index contributed by atoms with van der Waals surface area (Å²) in [5.74, 6) is -0.886. The number of hydrogen-bond donors (Lipinski definition) is 0. The van der Waals surface area contributed by atoms with E-state index in [1.807, 2.05) is 0 Å². The Morgan fingerprint density at radius 3 is 2.75 bits per heavy atom. The molecule has 0 N–H and O–H groups in total. The number of halogens is 3. The summed E-state index contributed by atoms with van der Waals surface area (Å²) >= 11 is 5.65. The van der Waals surface area contributed by atoms with Crippen LogP contribution in [0.25, 0.3) is 0 Å². The molecular weight excluding hydrogens is 240 g/mol. The Morgan fingerprint density at radius 2 is 2.25 bits per heavy atom. The first kappa shape index (κ1) is 12.8. The van der Waals surface area contributed by atoms with Crippen molar-refractivity contribution in [2.75, 3.05) is 6.61 Å². The molecule has 0 bridgehead atoms. The van der Waals surface area contributed by atoms with Crippen LogP contribution in [0.15, 0.2) is 6.07 Å². The van der Waals surface area contributed by atoms with E-state index >= 15 is 0 Å². The highest BCUT2D eigenvalue weighted by Gasteiger charge is 2.24. The molecule has 6 heteroatoms. The Labute approximate surface area is 96.4 Å². The molecule has 0 aromatic carbocycles. The van der Waals surface area contributed by atoms with Crippen LogP contribution >= 0.6 is 11.6 Å². The Bertz CT molecular complexity index is 410. The van der Waals surface area contributed by atoms with E-state index in [0.717, 1.165) is 0 Å². The largest absolute Gasteiger partial charge is 0.461 e.